The molecule has 2 aromatic rings. The van der Waals surface area contributed by atoms with Crippen LogP contribution in [0.5, 0.6) is 11.5 Å². The summed E-state index contributed by atoms with van der Waals surface area (Å²) >= 11 is 0. The lowest BCUT2D eigenvalue weighted by Gasteiger charge is -2.10. The Labute approximate surface area is 118 Å². The summed E-state index contributed by atoms with van der Waals surface area (Å²) < 4.78 is 10.6. The average Bonchev–Trinajstić information content (AvgIpc) is 2.46. The topological polar surface area (TPSA) is 83.2 Å². The minimum atomic E-state index is 0.498. The van der Waals surface area contributed by atoms with Crippen molar-refractivity contribution >= 4 is 0 Å². The molecule has 0 aliphatic carbocycles. The van der Waals surface area contributed by atoms with Gasteiger partial charge in [0.05, 0.1) is 19.8 Å². The van der Waals surface area contributed by atoms with E-state index in [1.807, 2.05) is 25.1 Å². The number of aryl methyl sites for hydroxylation is 1. The largest absolute Gasteiger partial charge is 0.497 e. The molecule has 1 aromatic carbocycles. The quantitative estimate of drug-likeness (QED) is 0.886. The number of nitrogens with two attached hydrogens (primary N) is 1. The molecular weight excluding hydrogens is 256 g/mol. The van der Waals surface area contributed by atoms with Crippen molar-refractivity contribution in [2.75, 3.05) is 20.8 Å². The Morgan fingerprint density at radius 2 is 1.90 bits per heavy atom. The van der Waals surface area contributed by atoms with E-state index in [-0.39, 0.29) is 0 Å². The summed E-state index contributed by atoms with van der Waals surface area (Å²) in [6.45, 7) is 2.33. The third-order valence-electron chi connectivity index (χ3n) is 2.81. The first kappa shape index (κ1) is 14.2. The summed E-state index contributed by atoms with van der Waals surface area (Å²) in [4.78, 5) is 13.1. The van der Waals surface area contributed by atoms with Crippen LogP contribution in [0.4, 0.5) is 0 Å². The molecule has 0 aliphatic heterocycles. The fourth-order valence-corrected chi connectivity index (χ4v) is 1.89. The molecule has 6 heteroatoms. The van der Waals surface area contributed by atoms with E-state index in [0.29, 0.717) is 36.2 Å². The molecule has 1 aromatic heterocycles. The highest BCUT2D eigenvalue weighted by Gasteiger charge is 2.12. The Morgan fingerprint density at radius 1 is 1.10 bits per heavy atom. The second kappa shape index (κ2) is 6.29. The summed E-state index contributed by atoms with van der Waals surface area (Å²) in [6, 6.07) is 5.51. The van der Waals surface area contributed by atoms with Gasteiger partial charge in [-0.3, -0.25) is 0 Å². The van der Waals surface area contributed by atoms with Crippen LogP contribution >= 0.6 is 0 Å². The number of methoxy groups -OCH3 is 2. The third kappa shape index (κ3) is 3.03. The highest BCUT2D eigenvalue weighted by Crippen LogP contribution is 2.31. The molecule has 0 saturated heterocycles. The third-order valence-corrected chi connectivity index (χ3v) is 2.81. The zero-order chi connectivity index (χ0) is 14.5. The van der Waals surface area contributed by atoms with Crippen molar-refractivity contribution in [3.05, 3.63) is 29.8 Å². The van der Waals surface area contributed by atoms with Crippen molar-refractivity contribution in [2.45, 2.75) is 13.3 Å². The van der Waals surface area contributed by atoms with Gasteiger partial charge in [0.1, 0.15) is 23.1 Å². The predicted molar refractivity (Wildman–Crippen MR) is 75.9 cm³/mol. The lowest BCUT2D eigenvalue weighted by Crippen LogP contribution is -2.09. The van der Waals surface area contributed by atoms with E-state index in [9.17, 15) is 0 Å². The van der Waals surface area contributed by atoms with Crippen LogP contribution in [0.15, 0.2) is 18.2 Å². The van der Waals surface area contributed by atoms with Crippen LogP contribution in [0.3, 0.4) is 0 Å². The smallest absolute Gasteiger partial charge is 0.167 e. The zero-order valence-corrected chi connectivity index (χ0v) is 11.9. The van der Waals surface area contributed by atoms with Gasteiger partial charge in [-0.25, -0.2) is 15.0 Å². The Kier molecular flexibility index (Phi) is 4.47. The van der Waals surface area contributed by atoms with Crippen LogP contribution in [0.1, 0.15) is 11.6 Å². The molecule has 0 fully saturated rings. The molecule has 0 saturated carbocycles. The SMILES string of the molecule is COc1ccc(OC)c(-c2nc(C)nc(CCN)n2)c1. The molecule has 106 valence electrons. The van der Waals surface area contributed by atoms with Gasteiger partial charge in [-0.05, 0) is 31.7 Å². The number of hydrogen-bond donors (Lipinski definition) is 1. The Bertz CT molecular complexity index is 602. The second-order valence-electron chi connectivity index (χ2n) is 4.23. The molecular formula is C14H18N4O2. The van der Waals surface area contributed by atoms with Crippen LogP contribution < -0.4 is 15.2 Å². The number of rotatable bonds is 5. The van der Waals surface area contributed by atoms with Gasteiger partial charge in [-0.1, -0.05) is 0 Å². The van der Waals surface area contributed by atoms with Crippen molar-refractivity contribution < 1.29 is 9.47 Å². The molecule has 0 unspecified atom stereocenters. The fraction of sp³-hybridized carbons (Fsp3) is 0.357. The van der Waals surface area contributed by atoms with Crippen LogP contribution in [-0.4, -0.2) is 35.7 Å². The number of benzene rings is 1. The van der Waals surface area contributed by atoms with Gasteiger partial charge in [0.2, 0.25) is 0 Å². The molecule has 6 nitrogen and oxygen atoms in total. The van der Waals surface area contributed by atoms with Crippen molar-refractivity contribution in [2.24, 2.45) is 5.73 Å². The first-order valence-electron chi connectivity index (χ1n) is 6.32. The van der Waals surface area contributed by atoms with Crippen LogP contribution in [-0.2, 0) is 6.42 Å². The van der Waals surface area contributed by atoms with Crippen LogP contribution in [0.25, 0.3) is 11.4 Å². The molecule has 2 N–H and O–H groups in total. The molecule has 0 aliphatic rings. The highest BCUT2D eigenvalue weighted by molar-refractivity contribution is 5.66. The van der Waals surface area contributed by atoms with Crippen LogP contribution in [0, 0.1) is 6.92 Å². The van der Waals surface area contributed by atoms with E-state index in [0.717, 1.165) is 11.3 Å². The monoisotopic (exact) mass is 274 g/mol. The molecule has 0 radical (unpaired) electrons. The Balaban J connectivity index is 2.54. The van der Waals surface area contributed by atoms with E-state index < -0.39 is 0 Å². The van der Waals surface area contributed by atoms with E-state index >= 15 is 0 Å². The van der Waals surface area contributed by atoms with Gasteiger partial charge >= 0.3 is 0 Å². The summed E-state index contributed by atoms with van der Waals surface area (Å²) in [5, 5.41) is 0. The highest BCUT2D eigenvalue weighted by atomic mass is 16.5. The Hall–Kier alpha value is -2.21. The summed E-state index contributed by atoms with van der Waals surface area (Å²) in [5.41, 5.74) is 6.33. The van der Waals surface area contributed by atoms with Gasteiger partial charge in [0.15, 0.2) is 5.82 Å². The number of hydrogen-bond acceptors (Lipinski definition) is 6. The van der Waals surface area contributed by atoms with Gasteiger partial charge in [-0.15, -0.1) is 0 Å². The molecule has 20 heavy (non-hydrogen) atoms. The molecule has 0 spiro atoms. The van der Waals surface area contributed by atoms with Crippen molar-refractivity contribution in [1.29, 1.82) is 0 Å². The predicted octanol–water partition coefficient (Wildman–Crippen LogP) is 1.37. The normalized spacial score (nSPS) is 10.4. The zero-order valence-electron chi connectivity index (χ0n) is 11.9. The first-order valence-corrected chi connectivity index (χ1v) is 6.32. The second-order valence-corrected chi connectivity index (χ2v) is 4.23. The van der Waals surface area contributed by atoms with E-state index in [4.69, 9.17) is 15.2 Å². The summed E-state index contributed by atoms with van der Waals surface area (Å²) in [6.07, 6.45) is 0.614. The maximum Gasteiger partial charge on any atom is 0.167 e. The molecule has 0 bridgehead atoms. The lowest BCUT2D eigenvalue weighted by molar-refractivity contribution is 0.404. The summed E-state index contributed by atoms with van der Waals surface area (Å²) in [7, 11) is 3.23. The Morgan fingerprint density at radius 3 is 2.55 bits per heavy atom. The number of ether oxygens (including phenoxy) is 2. The lowest BCUT2D eigenvalue weighted by atomic mass is 10.1. The van der Waals surface area contributed by atoms with E-state index in [2.05, 4.69) is 15.0 Å². The maximum absolute atomic E-state index is 5.56. The average molecular weight is 274 g/mol. The molecule has 2 rings (SSSR count). The minimum absolute atomic E-state index is 0.498. The van der Waals surface area contributed by atoms with Gasteiger partial charge in [0, 0.05) is 6.42 Å². The van der Waals surface area contributed by atoms with Gasteiger partial charge in [0.25, 0.3) is 0 Å². The minimum Gasteiger partial charge on any atom is -0.497 e. The molecule has 1 heterocycles. The van der Waals surface area contributed by atoms with E-state index in [1.165, 1.54) is 0 Å². The standard InChI is InChI=1S/C14H18N4O2/c1-9-16-13(6-7-15)18-14(17-9)11-8-10(19-2)4-5-12(11)20-3/h4-5,8H,6-7,15H2,1-3H3. The van der Waals surface area contributed by atoms with Crippen molar-refractivity contribution in [3.63, 3.8) is 0 Å². The van der Waals surface area contributed by atoms with Crippen molar-refractivity contribution in [1.82, 2.24) is 15.0 Å². The van der Waals surface area contributed by atoms with Crippen molar-refractivity contribution in [3.8, 4) is 22.9 Å². The number of aromatic nitrogens is 3. The fourth-order valence-electron chi connectivity index (χ4n) is 1.89. The summed E-state index contributed by atoms with van der Waals surface area (Å²) in [5.74, 6) is 3.31. The molecule has 0 amide bonds. The van der Waals surface area contributed by atoms with E-state index in [1.54, 1.807) is 14.2 Å². The number of nitrogens with zero attached hydrogens (tertiary/aromatic N) is 3. The first-order chi connectivity index (χ1) is 9.67. The van der Waals surface area contributed by atoms with Gasteiger partial charge < -0.3 is 15.2 Å². The molecule has 0 atom stereocenters. The maximum atomic E-state index is 5.56. The van der Waals surface area contributed by atoms with Gasteiger partial charge in [-0.2, -0.15) is 0 Å². The van der Waals surface area contributed by atoms with Crippen LogP contribution in [0.2, 0.25) is 0 Å².